The highest BCUT2D eigenvalue weighted by atomic mass is 35.5. The van der Waals surface area contributed by atoms with Crippen molar-refractivity contribution >= 4 is 36.3 Å². The van der Waals surface area contributed by atoms with Crippen molar-refractivity contribution in [3.05, 3.63) is 78.0 Å². The Bertz CT molecular complexity index is 699. The van der Waals surface area contributed by atoms with Crippen LogP contribution in [0.5, 0.6) is 0 Å². The highest BCUT2D eigenvalue weighted by Gasteiger charge is 2.06. The molecule has 1 aromatic heterocycles. The zero-order valence-electron chi connectivity index (χ0n) is 12.6. The first kappa shape index (κ1) is 18.9. The Labute approximate surface area is 148 Å². The summed E-state index contributed by atoms with van der Waals surface area (Å²) in [5, 5.41) is 7.78. The lowest BCUT2D eigenvalue weighted by Gasteiger charge is -2.04. The third-order valence-electron chi connectivity index (χ3n) is 3.28. The second kappa shape index (κ2) is 9.08. The first-order chi connectivity index (χ1) is 10.3. The molecule has 4 nitrogen and oxygen atoms in total. The maximum absolute atomic E-state index is 6.01. The Hall–Kier alpha value is -2.17. The molecule has 23 heavy (non-hydrogen) atoms. The van der Waals surface area contributed by atoms with Gasteiger partial charge in [0.15, 0.2) is 5.82 Å². The molecule has 0 aliphatic heterocycles. The van der Waals surface area contributed by atoms with Gasteiger partial charge in [0.25, 0.3) is 0 Å². The molecule has 0 unspecified atom stereocenters. The molecule has 3 N–H and O–H groups in total. The SMILES string of the molecule is Cl.Cl.Nc1cn(Cc2ccccc2)nc1NCc1ccccc1. The molecule has 3 rings (SSSR count). The van der Waals surface area contributed by atoms with Gasteiger partial charge in [0.1, 0.15) is 0 Å². The van der Waals surface area contributed by atoms with Crippen LogP contribution < -0.4 is 11.1 Å². The monoisotopic (exact) mass is 350 g/mol. The number of aromatic nitrogens is 2. The minimum absolute atomic E-state index is 0. The molecule has 0 spiro atoms. The van der Waals surface area contributed by atoms with E-state index in [-0.39, 0.29) is 24.8 Å². The first-order valence-electron chi connectivity index (χ1n) is 6.96. The van der Waals surface area contributed by atoms with Gasteiger partial charge < -0.3 is 11.1 Å². The van der Waals surface area contributed by atoms with Crippen molar-refractivity contribution in [2.45, 2.75) is 13.1 Å². The minimum Gasteiger partial charge on any atom is -0.394 e. The van der Waals surface area contributed by atoms with Gasteiger partial charge in [-0.3, -0.25) is 4.68 Å². The molecule has 0 aliphatic rings. The van der Waals surface area contributed by atoms with Crippen LogP contribution in [0, 0.1) is 0 Å². The number of hydrogen-bond donors (Lipinski definition) is 2. The van der Waals surface area contributed by atoms with E-state index in [1.165, 1.54) is 11.1 Å². The van der Waals surface area contributed by atoms with Crippen molar-refractivity contribution in [3.8, 4) is 0 Å². The fraction of sp³-hybridized carbons (Fsp3) is 0.118. The summed E-state index contributed by atoms with van der Waals surface area (Å²) >= 11 is 0. The minimum atomic E-state index is 0. The van der Waals surface area contributed by atoms with Gasteiger partial charge in [-0.25, -0.2) is 0 Å². The largest absolute Gasteiger partial charge is 0.394 e. The molecular formula is C17H20Cl2N4. The number of benzene rings is 2. The Morgan fingerprint density at radius 3 is 2.04 bits per heavy atom. The summed E-state index contributed by atoms with van der Waals surface area (Å²) in [7, 11) is 0. The van der Waals surface area contributed by atoms with Crippen LogP contribution in [-0.4, -0.2) is 9.78 Å². The predicted molar refractivity (Wildman–Crippen MR) is 100 cm³/mol. The first-order valence-corrected chi connectivity index (χ1v) is 6.96. The smallest absolute Gasteiger partial charge is 0.171 e. The van der Waals surface area contributed by atoms with E-state index in [2.05, 4.69) is 34.7 Å². The Balaban J connectivity index is 0.00000132. The number of nitrogens with one attached hydrogen (secondary N) is 1. The van der Waals surface area contributed by atoms with Crippen molar-refractivity contribution in [3.63, 3.8) is 0 Å². The molecule has 0 amide bonds. The lowest BCUT2D eigenvalue weighted by atomic mass is 10.2. The third kappa shape index (κ3) is 5.20. The highest BCUT2D eigenvalue weighted by Crippen LogP contribution is 2.17. The molecule has 0 saturated carbocycles. The van der Waals surface area contributed by atoms with E-state index in [1.54, 1.807) is 0 Å². The summed E-state index contributed by atoms with van der Waals surface area (Å²) in [6, 6.07) is 20.4. The van der Waals surface area contributed by atoms with Crippen LogP contribution in [0.25, 0.3) is 0 Å². The van der Waals surface area contributed by atoms with Crippen LogP contribution >= 0.6 is 24.8 Å². The standard InChI is InChI=1S/C17H18N4.2ClH/c18-16-13-21(12-15-9-5-2-6-10-15)20-17(16)19-11-14-7-3-1-4-8-14;;/h1-10,13H,11-12,18H2,(H,19,20);2*1H. The molecule has 3 aromatic rings. The number of rotatable bonds is 5. The van der Waals surface area contributed by atoms with Crippen LogP contribution in [0.4, 0.5) is 11.5 Å². The summed E-state index contributed by atoms with van der Waals surface area (Å²) in [5.41, 5.74) is 9.09. The van der Waals surface area contributed by atoms with E-state index >= 15 is 0 Å². The van der Waals surface area contributed by atoms with Crippen LogP contribution in [0.2, 0.25) is 0 Å². The second-order valence-corrected chi connectivity index (χ2v) is 4.96. The molecule has 0 fully saturated rings. The number of nitrogen functional groups attached to an aromatic ring is 1. The van der Waals surface area contributed by atoms with E-state index < -0.39 is 0 Å². The van der Waals surface area contributed by atoms with Gasteiger partial charge in [-0.05, 0) is 11.1 Å². The quantitative estimate of drug-likeness (QED) is 0.731. The summed E-state index contributed by atoms with van der Waals surface area (Å²) in [6.07, 6.45) is 1.86. The zero-order chi connectivity index (χ0) is 14.5. The van der Waals surface area contributed by atoms with Crippen LogP contribution in [0.1, 0.15) is 11.1 Å². The summed E-state index contributed by atoms with van der Waals surface area (Å²) < 4.78 is 1.86. The van der Waals surface area contributed by atoms with Gasteiger partial charge in [0, 0.05) is 6.54 Å². The van der Waals surface area contributed by atoms with Gasteiger partial charge >= 0.3 is 0 Å². The van der Waals surface area contributed by atoms with Gasteiger partial charge in [0.05, 0.1) is 18.4 Å². The molecular weight excluding hydrogens is 331 g/mol. The van der Waals surface area contributed by atoms with Crippen molar-refractivity contribution in [1.29, 1.82) is 0 Å². The molecule has 0 bridgehead atoms. The Morgan fingerprint density at radius 1 is 0.870 bits per heavy atom. The third-order valence-corrected chi connectivity index (χ3v) is 3.28. The second-order valence-electron chi connectivity index (χ2n) is 4.96. The summed E-state index contributed by atoms with van der Waals surface area (Å²) in [4.78, 5) is 0. The number of nitrogens with zero attached hydrogens (tertiary/aromatic N) is 2. The van der Waals surface area contributed by atoms with E-state index in [0.717, 1.165) is 12.4 Å². The van der Waals surface area contributed by atoms with E-state index in [9.17, 15) is 0 Å². The topological polar surface area (TPSA) is 55.9 Å². The van der Waals surface area contributed by atoms with Crippen molar-refractivity contribution < 1.29 is 0 Å². The molecule has 0 radical (unpaired) electrons. The van der Waals surface area contributed by atoms with Crippen molar-refractivity contribution in [2.75, 3.05) is 11.1 Å². The summed E-state index contributed by atoms with van der Waals surface area (Å²) in [5.74, 6) is 0.731. The van der Waals surface area contributed by atoms with Gasteiger partial charge in [-0.2, -0.15) is 5.10 Å². The van der Waals surface area contributed by atoms with Crippen LogP contribution in [0.15, 0.2) is 66.9 Å². The molecule has 1 heterocycles. The lowest BCUT2D eigenvalue weighted by Crippen LogP contribution is -2.04. The maximum atomic E-state index is 6.01. The molecule has 2 aromatic carbocycles. The fourth-order valence-electron chi connectivity index (χ4n) is 2.21. The normalized spacial score (nSPS) is 9.57. The van der Waals surface area contributed by atoms with Crippen LogP contribution in [0.3, 0.4) is 0 Å². The molecule has 0 atom stereocenters. The molecule has 122 valence electrons. The Kier molecular flexibility index (Phi) is 7.45. The zero-order valence-corrected chi connectivity index (χ0v) is 14.2. The number of nitrogens with two attached hydrogens (primary N) is 1. The van der Waals surface area contributed by atoms with E-state index in [0.29, 0.717) is 12.2 Å². The van der Waals surface area contributed by atoms with E-state index in [4.69, 9.17) is 5.73 Å². The van der Waals surface area contributed by atoms with Gasteiger partial charge in [0.2, 0.25) is 0 Å². The molecule has 0 aliphatic carbocycles. The molecule has 6 heteroatoms. The average Bonchev–Trinajstić information content (AvgIpc) is 2.87. The van der Waals surface area contributed by atoms with Crippen LogP contribution in [-0.2, 0) is 13.1 Å². The van der Waals surface area contributed by atoms with E-state index in [1.807, 2.05) is 47.3 Å². The Morgan fingerprint density at radius 2 is 1.43 bits per heavy atom. The van der Waals surface area contributed by atoms with Crippen molar-refractivity contribution in [2.24, 2.45) is 0 Å². The number of anilines is 2. The van der Waals surface area contributed by atoms with Gasteiger partial charge in [-0.15, -0.1) is 24.8 Å². The summed E-state index contributed by atoms with van der Waals surface area (Å²) in [6.45, 7) is 1.44. The maximum Gasteiger partial charge on any atom is 0.171 e. The number of hydrogen-bond acceptors (Lipinski definition) is 3. The fourth-order valence-corrected chi connectivity index (χ4v) is 2.21. The lowest BCUT2D eigenvalue weighted by molar-refractivity contribution is 0.688. The van der Waals surface area contributed by atoms with Gasteiger partial charge in [-0.1, -0.05) is 60.7 Å². The average molecular weight is 351 g/mol. The highest BCUT2D eigenvalue weighted by molar-refractivity contribution is 5.85. The predicted octanol–water partition coefficient (Wildman–Crippen LogP) is 3.97. The number of halogens is 2. The van der Waals surface area contributed by atoms with Crippen molar-refractivity contribution in [1.82, 2.24) is 9.78 Å². The molecule has 0 saturated heterocycles.